The molecule has 4 nitrogen and oxygen atoms in total. The van der Waals surface area contributed by atoms with Crippen molar-refractivity contribution in [1.82, 2.24) is 0 Å². The highest BCUT2D eigenvalue weighted by Gasteiger charge is 2.42. The number of hydrogen-bond acceptors (Lipinski definition) is 4. The number of anilines is 2. The fourth-order valence-electron chi connectivity index (χ4n) is 3.35. The monoisotopic (exact) mass is 452 g/mol. The Balaban J connectivity index is 1.81. The van der Waals surface area contributed by atoms with Crippen molar-refractivity contribution < 1.29 is 14.0 Å². The van der Waals surface area contributed by atoms with Crippen molar-refractivity contribution in [3.63, 3.8) is 0 Å². The first kappa shape index (κ1) is 21.2. The molecule has 0 unspecified atom stereocenters. The highest BCUT2D eigenvalue weighted by atomic mass is 35.5. The van der Waals surface area contributed by atoms with E-state index in [1.54, 1.807) is 24.3 Å². The van der Waals surface area contributed by atoms with Crippen LogP contribution in [0, 0.1) is 5.82 Å². The SMILES string of the molecule is CCN(C1=C(Sc2ccc(Cl)cc2)C(=O)N(c2ccc(F)cc2)C1=O)c1ccccc1. The summed E-state index contributed by atoms with van der Waals surface area (Å²) in [6.45, 7) is 2.41. The van der Waals surface area contributed by atoms with E-state index in [0.29, 0.717) is 27.9 Å². The third kappa shape index (κ3) is 4.22. The molecule has 0 aromatic heterocycles. The molecule has 0 saturated heterocycles. The second kappa shape index (κ2) is 8.96. The van der Waals surface area contributed by atoms with Gasteiger partial charge in [-0.3, -0.25) is 9.59 Å². The standard InChI is InChI=1S/C24H18ClFN2O2S/c1-2-27(18-6-4-3-5-7-18)21-22(31-20-14-8-16(25)9-15-20)24(30)28(23(21)29)19-12-10-17(26)11-13-19/h3-15H,2H2,1H3. The second-order valence-electron chi connectivity index (χ2n) is 6.74. The lowest BCUT2D eigenvalue weighted by Crippen LogP contribution is -2.35. The Labute approximate surface area is 188 Å². The molecule has 3 aromatic carbocycles. The van der Waals surface area contributed by atoms with Gasteiger partial charge in [-0.1, -0.05) is 41.6 Å². The molecule has 0 radical (unpaired) electrons. The van der Waals surface area contributed by atoms with Crippen molar-refractivity contribution in [3.8, 4) is 0 Å². The van der Waals surface area contributed by atoms with Crippen LogP contribution in [0.4, 0.5) is 15.8 Å². The van der Waals surface area contributed by atoms with Gasteiger partial charge in [0.1, 0.15) is 16.4 Å². The van der Waals surface area contributed by atoms with Gasteiger partial charge in [0, 0.05) is 22.2 Å². The van der Waals surface area contributed by atoms with Gasteiger partial charge in [0.25, 0.3) is 11.8 Å². The molecular weight excluding hydrogens is 435 g/mol. The van der Waals surface area contributed by atoms with Crippen LogP contribution in [0.1, 0.15) is 6.92 Å². The molecule has 0 saturated carbocycles. The summed E-state index contributed by atoms with van der Waals surface area (Å²) < 4.78 is 13.4. The Hall–Kier alpha value is -3.09. The average Bonchev–Trinajstić information content (AvgIpc) is 3.02. The van der Waals surface area contributed by atoms with Crippen LogP contribution >= 0.6 is 23.4 Å². The normalized spacial score (nSPS) is 13.8. The number of hydrogen-bond donors (Lipinski definition) is 0. The van der Waals surface area contributed by atoms with Crippen molar-refractivity contribution in [2.24, 2.45) is 0 Å². The van der Waals surface area contributed by atoms with E-state index in [1.807, 2.05) is 42.2 Å². The lowest BCUT2D eigenvalue weighted by atomic mass is 10.2. The maximum absolute atomic E-state index is 13.5. The molecule has 2 amide bonds. The Morgan fingerprint density at radius 3 is 2.16 bits per heavy atom. The van der Waals surface area contributed by atoms with Crippen LogP contribution in [0.15, 0.2) is 94.4 Å². The number of thioether (sulfide) groups is 1. The van der Waals surface area contributed by atoms with Crippen molar-refractivity contribution in [3.05, 3.63) is 100 Å². The highest BCUT2D eigenvalue weighted by Crippen LogP contribution is 2.40. The first-order valence-electron chi connectivity index (χ1n) is 9.64. The van der Waals surface area contributed by atoms with Gasteiger partial charge in [0.05, 0.1) is 5.69 Å². The molecule has 0 fully saturated rings. The van der Waals surface area contributed by atoms with Gasteiger partial charge < -0.3 is 4.90 Å². The van der Waals surface area contributed by atoms with Gasteiger partial charge in [0.2, 0.25) is 0 Å². The average molecular weight is 453 g/mol. The van der Waals surface area contributed by atoms with E-state index in [0.717, 1.165) is 15.5 Å². The molecule has 3 aromatic rings. The van der Waals surface area contributed by atoms with Crippen LogP contribution in [0.25, 0.3) is 0 Å². The van der Waals surface area contributed by atoms with Crippen molar-refractivity contribution in [2.75, 3.05) is 16.3 Å². The first-order chi connectivity index (χ1) is 15.0. The molecular formula is C24H18ClFN2O2S. The minimum absolute atomic E-state index is 0.294. The van der Waals surface area contributed by atoms with E-state index in [-0.39, 0.29) is 0 Å². The number of carbonyl (C=O) groups is 2. The van der Waals surface area contributed by atoms with Crippen LogP contribution < -0.4 is 9.80 Å². The topological polar surface area (TPSA) is 40.6 Å². The van der Waals surface area contributed by atoms with Gasteiger partial charge in [0.15, 0.2) is 0 Å². The molecule has 156 valence electrons. The number of carbonyl (C=O) groups excluding carboxylic acids is 2. The number of halogens is 2. The summed E-state index contributed by atoms with van der Waals surface area (Å²) in [5, 5.41) is 0.583. The van der Waals surface area contributed by atoms with Gasteiger partial charge in [-0.15, -0.1) is 0 Å². The molecule has 7 heteroatoms. The molecule has 1 heterocycles. The van der Waals surface area contributed by atoms with Crippen molar-refractivity contribution >= 4 is 46.6 Å². The molecule has 31 heavy (non-hydrogen) atoms. The number of imide groups is 1. The largest absolute Gasteiger partial charge is 0.336 e. The van der Waals surface area contributed by atoms with E-state index in [4.69, 9.17) is 11.6 Å². The fraction of sp³-hybridized carbons (Fsp3) is 0.0833. The predicted molar refractivity (Wildman–Crippen MR) is 123 cm³/mol. The fourth-order valence-corrected chi connectivity index (χ4v) is 4.46. The van der Waals surface area contributed by atoms with E-state index in [9.17, 15) is 14.0 Å². The molecule has 1 aliphatic rings. The summed E-state index contributed by atoms with van der Waals surface area (Å²) in [7, 11) is 0. The Morgan fingerprint density at radius 2 is 1.55 bits per heavy atom. The number of benzene rings is 3. The molecule has 0 aliphatic carbocycles. The maximum atomic E-state index is 13.5. The zero-order chi connectivity index (χ0) is 22.0. The number of amides is 2. The molecule has 0 spiro atoms. The minimum Gasteiger partial charge on any atom is -0.336 e. The lowest BCUT2D eigenvalue weighted by molar-refractivity contribution is -0.120. The van der Waals surface area contributed by atoms with Crippen LogP contribution in [-0.4, -0.2) is 18.4 Å². The van der Waals surface area contributed by atoms with Crippen LogP contribution in [0.2, 0.25) is 5.02 Å². The van der Waals surface area contributed by atoms with Crippen LogP contribution in [0.5, 0.6) is 0 Å². The van der Waals surface area contributed by atoms with Gasteiger partial charge in [-0.25, -0.2) is 9.29 Å². The molecule has 4 rings (SSSR count). The molecule has 0 bridgehead atoms. The Kier molecular flexibility index (Phi) is 6.11. The smallest absolute Gasteiger partial charge is 0.283 e. The van der Waals surface area contributed by atoms with Crippen molar-refractivity contribution in [2.45, 2.75) is 11.8 Å². The molecule has 0 N–H and O–H groups in total. The molecule has 1 aliphatic heterocycles. The summed E-state index contributed by atoms with van der Waals surface area (Å²) in [6.07, 6.45) is 0. The van der Waals surface area contributed by atoms with Crippen LogP contribution in [-0.2, 0) is 9.59 Å². The quantitative estimate of drug-likeness (QED) is 0.438. The Bertz CT molecular complexity index is 1150. The van der Waals surface area contributed by atoms with E-state index in [2.05, 4.69) is 0 Å². The second-order valence-corrected chi connectivity index (χ2v) is 8.26. The maximum Gasteiger partial charge on any atom is 0.283 e. The summed E-state index contributed by atoms with van der Waals surface area (Å²) in [5.41, 5.74) is 1.42. The predicted octanol–water partition coefficient (Wildman–Crippen LogP) is 5.88. The number of nitrogens with zero attached hydrogens (tertiary/aromatic N) is 2. The van der Waals surface area contributed by atoms with Crippen LogP contribution in [0.3, 0.4) is 0 Å². The zero-order valence-corrected chi connectivity index (χ0v) is 18.2. The summed E-state index contributed by atoms with van der Waals surface area (Å²) in [5.74, 6) is -1.33. The van der Waals surface area contributed by atoms with Gasteiger partial charge in [-0.2, -0.15) is 0 Å². The minimum atomic E-state index is -0.446. The molecule has 0 atom stereocenters. The third-order valence-electron chi connectivity index (χ3n) is 4.79. The number of para-hydroxylation sites is 1. The Morgan fingerprint density at radius 1 is 0.903 bits per heavy atom. The number of rotatable bonds is 6. The van der Waals surface area contributed by atoms with Crippen molar-refractivity contribution in [1.29, 1.82) is 0 Å². The summed E-state index contributed by atoms with van der Waals surface area (Å²) in [4.78, 5) is 30.9. The zero-order valence-electron chi connectivity index (χ0n) is 16.6. The third-order valence-corrected chi connectivity index (χ3v) is 6.12. The first-order valence-corrected chi connectivity index (χ1v) is 10.8. The number of likely N-dealkylation sites (N-methyl/N-ethyl adjacent to an activating group) is 1. The lowest BCUT2D eigenvalue weighted by Gasteiger charge is -2.24. The van der Waals surface area contributed by atoms with E-state index >= 15 is 0 Å². The van der Waals surface area contributed by atoms with E-state index in [1.165, 1.54) is 36.0 Å². The highest BCUT2D eigenvalue weighted by molar-refractivity contribution is 8.04. The summed E-state index contributed by atoms with van der Waals surface area (Å²) in [6, 6.07) is 21.8. The summed E-state index contributed by atoms with van der Waals surface area (Å²) >= 11 is 7.20. The van der Waals surface area contributed by atoms with Gasteiger partial charge in [-0.05, 0) is 67.6 Å². The van der Waals surface area contributed by atoms with Gasteiger partial charge >= 0.3 is 0 Å². The van der Waals surface area contributed by atoms with E-state index < -0.39 is 17.6 Å².